The number of aryl methyl sites for hydroxylation is 1. The second kappa shape index (κ2) is 8.11. The maximum atomic E-state index is 13.0. The average molecular weight is 489 g/mol. The van der Waals surface area contributed by atoms with Gasteiger partial charge in [0.05, 0.1) is 16.9 Å². The molecule has 0 aliphatic carbocycles. The number of hydrogen-bond donors (Lipinski definition) is 0. The van der Waals surface area contributed by atoms with Crippen molar-refractivity contribution in [3.05, 3.63) is 52.5 Å². The van der Waals surface area contributed by atoms with E-state index >= 15 is 0 Å². The number of halogens is 1. The van der Waals surface area contributed by atoms with Crippen molar-refractivity contribution in [2.45, 2.75) is 16.7 Å². The third kappa shape index (κ3) is 4.11. The van der Waals surface area contributed by atoms with Gasteiger partial charge in [-0.2, -0.15) is 8.61 Å². The van der Waals surface area contributed by atoms with Gasteiger partial charge in [0.2, 0.25) is 20.0 Å². The molecule has 0 bridgehead atoms. The van der Waals surface area contributed by atoms with Crippen LogP contribution in [0, 0.1) is 6.92 Å². The van der Waals surface area contributed by atoms with Gasteiger partial charge in [0.1, 0.15) is 5.75 Å². The predicted octanol–water partition coefficient (Wildman–Crippen LogP) is 2.46. The monoisotopic (exact) mass is 488 g/mol. The maximum absolute atomic E-state index is 13.0. The van der Waals surface area contributed by atoms with Crippen LogP contribution < -0.4 is 4.74 Å². The van der Waals surface area contributed by atoms with E-state index in [-0.39, 0.29) is 36.0 Å². The lowest BCUT2D eigenvalue weighted by molar-refractivity contribution is 0.272. The topological polar surface area (TPSA) is 84.0 Å². The van der Waals surface area contributed by atoms with Crippen LogP contribution in [0.15, 0.2) is 56.7 Å². The van der Waals surface area contributed by atoms with E-state index in [0.29, 0.717) is 15.8 Å². The highest BCUT2D eigenvalue weighted by molar-refractivity contribution is 9.10. The molecular formula is C18H21BrN2O5S2. The Morgan fingerprint density at radius 1 is 0.893 bits per heavy atom. The first-order chi connectivity index (χ1) is 13.2. The van der Waals surface area contributed by atoms with Gasteiger partial charge in [-0.25, -0.2) is 16.8 Å². The van der Waals surface area contributed by atoms with E-state index in [1.54, 1.807) is 37.3 Å². The van der Waals surface area contributed by atoms with E-state index in [4.69, 9.17) is 4.74 Å². The second-order valence-corrected chi connectivity index (χ2v) is 11.2. The van der Waals surface area contributed by atoms with Crippen LogP contribution in [-0.4, -0.2) is 58.7 Å². The lowest BCUT2D eigenvalue weighted by Crippen LogP contribution is -2.50. The first-order valence-corrected chi connectivity index (χ1v) is 12.2. The number of piperazine rings is 1. The molecule has 0 N–H and O–H groups in total. The van der Waals surface area contributed by atoms with Crippen LogP contribution in [0.3, 0.4) is 0 Å². The van der Waals surface area contributed by atoms with Crippen molar-refractivity contribution in [3.63, 3.8) is 0 Å². The minimum Gasteiger partial charge on any atom is -0.497 e. The minimum absolute atomic E-state index is 0.0982. The summed E-state index contributed by atoms with van der Waals surface area (Å²) in [7, 11) is -5.86. The predicted molar refractivity (Wildman–Crippen MR) is 109 cm³/mol. The van der Waals surface area contributed by atoms with Gasteiger partial charge in [-0.3, -0.25) is 0 Å². The van der Waals surface area contributed by atoms with Gasteiger partial charge < -0.3 is 4.74 Å². The van der Waals surface area contributed by atoms with Crippen molar-refractivity contribution in [2.24, 2.45) is 0 Å². The van der Waals surface area contributed by atoms with Gasteiger partial charge in [-0.15, -0.1) is 0 Å². The van der Waals surface area contributed by atoms with E-state index in [2.05, 4.69) is 15.9 Å². The molecule has 0 unspecified atom stereocenters. The SMILES string of the molecule is COc1ccc(S(=O)(=O)N2CCN(S(=O)(=O)c3cccc(Br)c3)CC2)c(C)c1. The van der Waals surface area contributed by atoms with E-state index in [0.717, 1.165) is 0 Å². The summed E-state index contributed by atoms with van der Waals surface area (Å²) in [5, 5.41) is 0. The quantitative estimate of drug-likeness (QED) is 0.645. The highest BCUT2D eigenvalue weighted by atomic mass is 79.9. The van der Waals surface area contributed by atoms with Crippen molar-refractivity contribution in [1.29, 1.82) is 0 Å². The lowest BCUT2D eigenvalue weighted by atomic mass is 10.2. The molecule has 7 nitrogen and oxygen atoms in total. The summed E-state index contributed by atoms with van der Waals surface area (Å²) < 4.78 is 60.1. The lowest BCUT2D eigenvalue weighted by Gasteiger charge is -2.33. The summed E-state index contributed by atoms with van der Waals surface area (Å²) in [5.74, 6) is 0.585. The Labute approximate surface area is 174 Å². The highest BCUT2D eigenvalue weighted by Gasteiger charge is 2.34. The van der Waals surface area contributed by atoms with Crippen LogP contribution >= 0.6 is 15.9 Å². The van der Waals surface area contributed by atoms with Crippen LogP contribution in [0.4, 0.5) is 0 Å². The van der Waals surface area contributed by atoms with E-state index in [9.17, 15) is 16.8 Å². The van der Waals surface area contributed by atoms with Crippen LogP contribution in [0.5, 0.6) is 5.75 Å². The fraction of sp³-hybridized carbons (Fsp3) is 0.333. The summed E-state index contributed by atoms with van der Waals surface area (Å²) in [6.45, 7) is 2.11. The van der Waals surface area contributed by atoms with Crippen molar-refractivity contribution >= 4 is 36.0 Å². The summed E-state index contributed by atoms with van der Waals surface area (Å²) >= 11 is 3.28. The Morgan fingerprint density at radius 3 is 2.04 bits per heavy atom. The van der Waals surface area contributed by atoms with Crippen LogP contribution in [-0.2, 0) is 20.0 Å². The van der Waals surface area contributed by atoms with Gasteiger partial charge in [0.15, 0.2) is 0 Å². The molecule has 1 heterocycles. The average Bonchev–Trinajstić information content (AvgIpc) is 2.67. The number of rotatable bonds is 5. The number of nitrogens with zero attached hydrogens (tertiary/aromatic N) is 2. The second-order valence-electron chi connectivity index (χ2n) is 6.40. The molecule has 0 radical (unpaired) electrons. The third-order valence-electron chi connectivity index (χ3n) is 4.63. The molecule has 0 spiro atoms. The van der Waals surface area contributed by atoms with Crippen molar-refractivity contribution in [1.82, 2.24) is 8.61 Å². The van der Waals surface area contributed by atoms with E-state index in [1.165, 1.54) is 27.9 Å². The Morgan fingerprint density at radius 2 is 1.50 bits per heavy atom. The number of sulfonamides is 2. The molecule has 0 amide bonds. The zero-order chi connectivity index (χ0) is 20.5. The van der Waals surface area contributed by atoms with Gasteiger partial charge in [-0.1, -0.05) is 22.0 Å². The molecule has 1 aliphatic heterocycles. The van der Waals surface area contributed by atoms with Gasteiger partial charge >= 0.3 is 0 Å². The van der Waals surface area contributed by atoms with Crippen LogP contribution in [0.25, 0.3) is 0 Å². The summed E-state index contributed by atoms with van der Waals surface area (Å²) in [6.07, 6.45) is 0. The van der Waals surface area contributed by atoms with Gasteiger partial charge in [0.25, 0.3) is 0 Å². The standard InChI is InChI=1S/C18H21BrN2O5S2/c1-14-12-16(26-2)6-7-18(14)28(24,25)21-10-8-20(9-11-21)27(22,23)17-5-3-4-15(19)13-17/h3-7,12-13H,8-11H2,1-2H3. The normalized spacial score (nSPS) is 16.8. The number of ether oxygens (including phenoxy) is 1. The highest BCUT2D eigenvalue weighted by Crippen LogP contribution is 2.26. The van der Waals surface area contributed by atoms with Crippen LogP contribution in [0.2, 0.25) is 0 Å². The summed E-state index contributed by atoms with van der Waals surface area (Å²) in [6, 6.07) is 11.3. The first-order valence-electron chi connectivity index (χ1n) is 8.57. The summed E-state index contributed by atoms with van der Waals surface area (Å²) in [5.41, 5.74) is 0.587. The fourth-order valence-electron chi connectivity index (χ4n) is 3.10. The molecule has 152 valence electrons. The molecule has 10 heteroatoms. The number of benzene rings is 2. The van der Waals surface area contributed by atoms with Crippen LogP contribution in [0.1, 0.15) is 5.56 Å². The van der Waals surface area contributed by atoms with E-state index in [1.807, 2.05) is 0 Å². The molecule has 0 saturated carbocycles. The van der Waals surface area contributed by atoms with E-state index < -0.39 is 20.0 Å². The zero-order valence-corrected chi connectivity index (χ0v) is 18.7. The Bertz CT molecular complexity index is 1080. The molecule has 0 atom stereocenters. The molecule has 2 aromatic carbocycles. The zero-order valence-electron chi connectivity index (χ0n) is 15.5. The molecule has 3 rings (SSSR count). The van der Waals surface area contributed by atoms with Crippen molar-refractivity contribution in [2.75, 3.05) is 33.3 Å². The molecule has 1 saturated heterocycles. The summed E-state index contributed by atoms with van der Waals surface area (Å²) in [4.78, 5) is 0.390. The third-order valence-corrected chi connectivity index (χ3v) is 9.08. The number of hydrogen-bond acceptors (Lipinski definition) is 5. The molecular weight excluding hydrogens is 468 g/mol. The minimum atomic E-state index is -3.71. The largest absolute Gasteiger partial charge is 0.497 e. The molecule has 2 aromatic rings. The van der Waals surface area contributed by atoms with Gasteiger partial charge in [-0.05, 0) is 48.9 Å². The maximum Gasteiger partial charge on any atom is 0.243 e. The van der Waals surface area contributed by atoms with Gasteiger partial charge in [0, 0.05) is 30.7 Å². The molecule has 1 aliphatic rings. The molecule has 28 heavy (non-hydrogen) atoms. The van der Waals surface area contributed by atoms with Crippen molar-refractivity contribution < 1.29 is 21.6 Å². The molecule has 1 fully saturated rings. The Balaban J connectivity index is 1.78. The fourth-order valence-corrected chi connectivity index (χ4v) is 6.75. The number of methoxy groups -OCH3 is 1. The molecule has 0 aromatic heterocycles. The smallest absolute Gasteiger partial charge is 0.243 e. The van der Waals surface area contributed by atoms with Crippen molar-refractivity contribution in [3.8, 4) is 5.75 Å². The Kier molecular flexibility index (Phi) is 6.16. The first kappa shape index (κ1) is 21.3. The Hall–Kier alpha value is -1.46.